The molecule has 1 aliphatic heterocycles. The van der Waals surface area contributed by atoms with Gasteiger partial charge in [0.25, 0.3) is 5.56 Å². The molecule has 4 aromatic rings. The SMILES string of the molecule is COc1ccc2nccc(N3CCN(c4ccc5c(=O)n(CCO)cnc5c4)CC3)c2c1. The molecule has 0 amide bonds. The van der Waals surface area contributed by atoms with Crippen LogP contribution in [-0.4, -0.2) is 59.5 Å². The number of piperazine rings is 1. The van der Waals surface area contributed by atoms with E-state index in [1.807, 2.05) is 42.6 Å². The Labute approximate surface area is 185 Å². The Morgan fingerprint density at radius 1 is 0.938 bits per heavy atom. The summed E-state index contributed by atoms with van der Waals surface area (Å²) in [5, 5.41) is 10.8. The number of aliphatic hydroxyl groups is 1. The van der Waals surface area contributed by atoms with Crippen LogP contribution < -0.4 is 20.1 Å². The van der Waals surface area contributed by atoms with Crippen molar-refractivity contribution >= 4 is 33.2 Å². The Bertz CT molecular complexity index is 1330. The molecular weight excluding hydrogens is 406 g/mol. The molecule has 0 unspecified atom stereocenters. The quantitative estimate of drug-likeness (QED) is 0.519. The maximum Gasteiger partial charge on any atom is 0.261 e. The van der Waals surface area contributed by atoms with E-state index in [0.29, 0.717) is 10.9 Å². The topological polar surface area (TPSA) is 83.7 Å². The molecule has 164 valence electrons. The number of fused-ring (bicyclic) bond motifs is 2. The lowest BCUT2D eigenvalue weighted by atomic mass is 10.1. The predicted octanol–water partition coefficient (Wildman–Crippen LogP) is 2.27. The van der Waals surface area contributed by atoms with E-state index in [0.717, 1.165) is 54.2 Å². The standard InChI is InChI=1S/C24H25N5O3/c1-32-18-3-5-21-20(15-18)23(6-7-25-21)28-10-8-27(9-11-28)17-2-4-19-22(14-17)26-16-29(12-13-30)24(19)31/h2-7,14-16,30H,8-13H2,1H3. The van der Waals surface area contributed by atoms with E-state index < -0.39 is 0 Å². The van der Waals surface area contributed by atoms with Crippen LogP contribution in [-0.2, 0) is 6.54 Å². The van der Waals surface area contributed by atoms with Crippen LogP contribution in [0, 0.1) is 0 Å². The van der Waals surface area contributed by atoms with E-state index in [4.69, 9.17) is 9.84 Å². The summed E-state index contributed by atoms with van der Waals surface area (Å²) in [6.07, 6.45) is 3.36. The number of ether oxygens (including phenoxy) is 1. The van der Waals surface area contributed by atoms with Gasteiger partial charge >= 0.3 is 0 Å². The average Bonchev–Trinajstić information content (AvgIpc) is 2.85. The molecule has 8 nitrogen and oxygen atoms in total. The molecule has 2 aromatic heterocycles. The van der Waals surface area contributed by atoms with Gasteiger partial charge in [0.15, 0.2) is 0 Å². The summed E-state index contributed by atoms with van der Waals surface area (Å²) in [7, 11) is 1.68. The lowest BCUT2D eigenvalue weighted by molar-refractivity contribution is 0.274. The number of nitrogens with zero attached hydrogens (tertiary/aromatic N) is 5. The molecule has 0 bridgehead atoms. The summed E-state index contributed by atoms with van der Waals surface area (Å²) < 4.78 is 6.85. The minimum atomic E-state index is -0.125. The van der Waals surface area contributed by atoms with E-state index in [1.165, 1.54) is 10.9 Å². The van der Waals surface area contributed by atoms with Crippen molar-refractivity contribution in [3.8, 4) is 5.75 Å². The number of benzene rings is 2. The molecule has 0 radical (unpaired) electrons. The first-order valence-corrected chi connectivity index (χ1v) is 10.7. The summed E-state index contributed by atoms with van der Waals surface area (Å²) in [5.74, 6) is 0.826. The van der Waals surface area contributed by atoms with Gasteiger partial charge in [-0.15, -0.1) is 0 Å². The largest absolute Gasteiger partial charge is 0.497 e. The summed E-state index contributed by atoms with van der Waals surface area (Å²) >= 11 is 0. The Hall–Kier alpha value is -3.65. The third kappa shape index (κ3) is 3.62. The normalized spacial score (nSPS) is 14.3. The average molecular weight is 431 g/mol. The Morgan fingerprint density at radius 3 is 2.53 bits per heavy atom. The molecule has 3 heterocycles. The molecule has 0 spiro atoms. The lowest BCUT2D eigenvalue weighted by Crippen LogP contribution is -2.46. The fourth-order valence-electron chi connectivity index (χ4n) is 4.33. The van der Waals surface area contributed by atoms with Crippen molar-refractivity contribution in [3.05, 3.63) is 65.3 Å². The summed E-state index contributed by atoms with van der Waals surface area (Å²) in [5.41, 5.74) is 3.73. The van der Waals surface area contributed by atoms with Gasteiger partial charge in [0.1, 0.15) is 5.75 Å². The highest BCUT2D eigenvalue weighted by molar-refractivity contribution is 5.92. The van der Waals surface area contributed by atoms with Crippen molar-refractivity contribution in [3.63, 3.8) is 0 Å². The van der Waals surface area contributed by atoms with Crippen LogP contribution in [0.1, 0.15) is 0 Å². The zero-order valence-electron chi connectivity index (χ0n) is 17.9. The number of rotatable bonds is 5. The van der Waals surface area contributed by atoms with Crippen molar-refractivity contribution in [1.29, 1.82) is 0 Å². The van der Waals surface area contributed by atoms with Crippen molar-refractivity contribution in [2.24, 2.45) is 0 Å². The fraction of sp³-hybridized carbons (Fsp3) is 0.292. The van der Waals surface area contributed by atoms with Crippen LogP contribution in [0.3, 0.4) is 0 Å². The monoisotopic (exact) mass is 431 g/mol. The molecule has 1 saturated heterocycles. The Balaban J connectivity index is 1.37. The van der Waals surface area contributed by atoms with Gasteiger partial charge in [-0.25, -0.2) is 4.98 Å². The summed E-state index contributed by atoms with van der Waals surface area (Å²) in [4.78, 5) is 26.2. The van der Waals surface area contributed by atoms with E-state index in [2.05, 4.69) is 25.8 Å². The van der Waals surface area contributed by atoms with Crippen LogP contribution in [0.2, 0.25) is 0 Å². The molecule has 0 aliphatic carbocycles. The highest BCUT2D eigenvalue weighted by Gasteiger charge is 2.20. The number of pyridine rings is 1. The number of aromatic nitrogens is 3. The zero-order valence-corrected chi connectivity index (χ0v) is 17.9. The minimum absolute atomic E-state index is 0.0883. The van der Waals surface area contributed by atoms with E-state index >= 15 is 0 Å². The highest BCUT2D eigenvalue weighted by atomic mass is 16.5. The van der Waals surface area contributed by atoms with E-state index in [-0.39, 0.29) is 18.7 Å². The van der Waals surface area contributed by atoms with Crippen LogP contribution in [0.25, 0.3) is 21.8 Å². The van der Waals surface area contributed by atoms with Crippen LogP contribution in [0.5, 0.6) is 5.75 Å². The smallest absolute Gasteiger partial charge is 0.261 e. The lowest BCUT2D eigenvalue weighted by Gasteiger charge is -2.37. The number of hydrogen-bond acceptors (Lipinski definition) is 7. The predicted molar refractivity (Wildman–Crippen MR) is 126 cm³/mol. The summed E-state index contributed by atoms with van der Waals surface area (Å²) in [6.45, 7) is 3.64. The van der Waals surface area contributed by atoms with Gasteiger partial charge in [-0.1, -0.05) is 0 Å². The van der Waals surface area contributed by atoms with Gasteiger partial charge in [0.2, 0.25) is 0 Å². The van der Waals surface area contributed by atoms with Gasteiger partial charge < -0.3 is 19.6 Å². The molecule has 0 atom stereocenters. The Kier molecular flexibility index (Phi) is 5.36. The first kappa shape index (κ1) is 20.3. The fourth-order valence-corrected chi connectivity index (χ4v) is 4.33. The van der Waals surface area contributed by atoms with Gasteiger partial charge in [0.05, 0.1) is 43.0 Å². The second-order valence-corrected chi connectivity index (χ2v) is 7.86. The van der Waals surface area contributed by atoms with Gasteiger partial charge in [-0.05, 0) is 42.5 Å². The number of methoxy groups -OCH3 is 1. The second-order valence-electron chi connectivity index (χ2n) is 7.86. The number of hydrogen-bond donors (Lipinski definition) is 1. The van der Waals surface area contributed by atoms with E-state index in [9.17, 15) is 4.79 Å². The molecule has 5 rings (SSSR count). The third-order valence-corrected chi connectivity index (χ3v) is 6.06. The molecule has 2 aromatic carbocycles. The maximum absolute atomic E-state index is 12.5. The number of anilines is 2. The molecule has 0 saturated carbocycles. The number of aliphatic hydroxyl groups excluding tert-OH is 1. The minimum Gasteiger partial charge on any atom is -0.497 e. The maximum atomic E-state index is 12.5. The van der Waals surface area contributed by atoms with Gasteiger partial charge in [-0.2, -0.15) is 0 Å². The molecule has 1 N–H and O–H groups in total. The van der Waals surface area contributed by atoms with E-state index in [1.54, 1.807) is 7.11 Å². The molecule has 32 heavy (non-hydrogen) atoms. The summed E-state index contributed by atoms with van der Waals surface area (Å²) in [6, 6.07) is 13.8. The van der Waals surface area contributed by atoms with Crippen LogP contribution >= 0.6 is 0 Å². The Morgan fingerprint density at radius 2 is 1.75 bits per heavy atom. The van der Waals surface area contributed by atoms with Crippen molar-refractivity contribution in [2.75, 3.05) is 49.7 Å². The molecular formula is C24H25N5O3. The first-order chi connectivity index (χ1) is 15.7. The molecule has 1 aliphatic rings. The van der Waals surface area contributed by atoms with Gasteiger partial charge in [-0.3, -0.25) is 14.3 Å². The second kappa shape index (κ2) is 8.47. The molecule has 1 fully saturated rings. The van der Waals surface area contributed by atoms with Crippen LogP contribution in [0.4, 0.5) is 11.4 Å². The van der Waals surface area contributed by atoms with Crippen LogP contribution in [0.15, 0.2) is 59.8 Å². The van der Waals surface area contributed by atoms with Crippen molar-refractivity contribution < 1.29 is 9.84 Å². The van der Waals surface area contributed by atoms with Crippen molar-refractivity contribution in [1.82, 2.24) is 14.5 Å². The third-order valence-electron chi connectivity index (χ3n) is 6.06. The highest BCUT2D eigenvalue weighted by Crippen LogP contribution is 2.30. The van der Waals surface area contributed by atoms with Crippen molar-refractivity contribution in [2.45, 2.75) is 6.54 Å². The van der Waals surface area contributed by atoms with Gasteiger partial charge in [0, 0.05) is 49.1 Å². The first-order valence-electron chi connectivity index (χ1n) is 10.7. The zero-order chi connectivity index (χ0) is 22.1. The molecule has 8 heteroatoms.